The lowest BCUT2D eigenvalue weighted by Crippen LogP contribution is -2.17. The van der Waals surface area contributed by atoms with Gasteiger partial charge in [-0.3, -0.25) is 4.90 Å². The van der Waals surface area contributed by atoms with Crippen LogP contribution < -0.4 is 4.90 Å². The van der Waals surface area contributed by atoms with Crippen molar-refractivity contribution >= 4 is 39.3 Å². The van der Waals surface area contributed by atoms with Crippen LogP contribution in [-0.2, 0) is 10.8 Å². The molecule has 0 amide bonds. The first kappa shape index (κ1) is 33.9. The highest BCUT2D eigenvalue weighted by Crippen LogP contribution is 2.45. The van der Waals surface area contributed by atoms with Gasteiger partial charge in [-0.2, -0.15) is 0 Å². The summed E-state index contributed by atoms with van der Waals surface area (Å²) in [6, 6.07) is 45.1. The summed E-state index contributed by atoms with van der Waals surface area (Å²) >= 11 is 0. The van der Waals surface area contributed by atoms with Crippen LogP contribution in [0.2, 0.25) is 0 Å². The Hall–Kier alpha value is -6.27. The quantitative estimate of drug-likeness (QED) is 0.187. The molecule has 0 spiro atoms. The Labute approximate surface area is 310 Å². The number of aromatic hydroxyl groups is 1. The Kier molecular flexibility index (Phi) is 8.34. The van der Waals surface area contributed by atoms with E-state index in [1.165, 1.54) is 0 Å². The zero-order valence-corrected chi connectivity index (χ0v) is 30.9. The van der Waals surface area contributed by atoms with Crippen molar-refractivity contribution in [2.24, 2.45) is 0 Å². The molecule has 0 radical (unpaired) electrons. The molecule has 3 heterocycles. The van der Waals surface area contributed by atoms with Gasteiger partial charge in [-0.05, 0) is 82.1 Å². The summed E-state index contributed by atoms with van der Waals surface area (Å²) < 4.78 is 6.50. The number of rotatable bonds is 6. The average molecular weight is 695 g/mol. The van der Waals surface area contributed by atoms with Crippen molar-refractivity contribution in [3.63, 3.8) is 0 Å². The van der Waals surface area contributed by atoms with Crippen LogP contribution in [0.3, 0.4) is 0 Å². The average Bonchev–Trinajstić information content (AvgIpc) is 3.54. The van der Waals surface area contributed by atoms with E-state index in [4.69, 9.17) is 19.4 Å². The van der Waals surface area contributed by atoms with Gasteiger partial charge in [-0.1, -0.05) is 120 Å². The highest BCUT2D eigenvalue weighted by atomic mass is 16.3. The number of furan rings is 1. The van der Waals surface area contributed by atoms with E-state index in [-0.39, 0.29) is 16.6 Å². The molecule has 0 bridgehead atoms. The highest BCUT2D eigenvalue weighted by molar-refractivity contribution is 6.07. The van der Waals surface area contributed by atoms with E-state index in [0.717, 1.165) is 50.4 Å². The molecule has 0 aliphatic heterocycles. The van der Waals surface area contributed by atoms with Crippen molar-refractivity contribution in [2.45, 2.75) is 52.4 Å². The first-order valence-electron chi connectivity index (χ1n) is 18.0. The van der Waals surface area contributed by atoms with E-state index < -0.39 is 0 Å². The number of para-hydroxylation sites is 1. The first-order chi connectivity index (χ1) is 25.5. The van der Waals surface area contributed by atoms with Crippen LogP contribution in [0.1, 0.15) is 52.7 Å². The molecule has 1 N–H and O–H groups in total. The molecule has 262 valence electrons. The van der Waals surface area contributed by atoms with E-state index >= 15 is 0 Å². The third kappa shape index (κ3) is 6.42. The maximum absolute atomic E-state index is 12.0. The van der Waals surface area contributed by atoms with Crippen LogP contribution in [0.4, 0.5) is 17.2 Å². The zero-order valence-electron chi connectivity index (χ0n) is 30.9. The van der Waals surface area contributed by atoms with Crippen LogP contribution in [0.15, 0.2) is 144 Å². The van der Waals surface area contributed by atoms with Crippen molar-refractivity contribution in [1.82, 2.24) is 15.0 Å². The number of hydrogen-bond acceptors (Lipinski definition) is 6. The summed E-state index contributed by atoms with van der Waals surface area (Å²) in [6.07, 6.45) is 1.81. The summed E-state index contributed by atoms with van der Waals surface area (Å²) in [6.45, 7) is 12.9. The fourth-order valence-electron chi connectivity index (χ4n) is 6.84. The number of nitrogens with zero attached hydrogens (tertiary/aromatic N) is 4. The van der Waals surface area contributed by atoms with Crippen LogP contribution in [-0.4, -0.2) is 20.1 Å². The van der Waals surface area contributed by atoms with Crippen LogP contribution in [0, 0.1) is 0 Å². The molecule has 0 aliphatic carbocycles. The van der Waals surface area contributed by atoms with Crippen molar-refractivity contribution in [3.05, 3.63) is 151 Å². The van der Waals surface area contributed by atoms with Gasteiger partial charge in [0.25, 0.3) is 0 Å². The largest absolute Gasteiger partial charge is 0.507 e. The molecule has 0 atom stereocenters. The predicted molar refractivity (Wildman–Crippen MR) is 217 cm³/mol. The molecule has 8 aromatic rings. The van der Waals surface area contributed by atoms with Crippen molar-refractivity contribution in [1.29, 1.82) is 0 Å². The zero-order chi connectivity index (χ0) is 36.9. The SMILES string of the molecule is CC(C)(C)c1cc(-c2nc(-c3cccc(N(c4ccc(-c5ccccc5)cc4)c4ccccn4)c3)nc3c2oc2ccccc23)c(O)c(C(C)(C)C)c1. The smallest absolute Gasteiger partial charge is 0.180 e. The van der Waals surface area contributed by atoms with Gasteiger partial charge in [0.15, 0.2) is 11.4 Å². The predicted octanol–water partition coefficient (Wildman–Crippen LogP) is 12.5. The normalized spacial score (nSPS) is 12.0. The second kappa shape index (κ2) is 13.1. The number of aromatic nitrogens is 3. The molecular weight excluding hydrogens is 653 g/mol. The van der Waals surface area contributed by atoms with E-state index in [0.29, 0.717) is 33.8 Å². The number of phenolic OH excluding ortho intramolecular Hbond substituents is 1. The number of anilines is 3. The Morgan fingerprint density at radius 2 is 1.30 bits per heavy atom. The van der Waals surface area contributed by atoms with Crippen LogP contribution in [0.5, 0.6) is 5.75 Å². The molecule has 5 aromatic carbocycles. The number of hydrogen-bond donors (Lipinski definition) is 1. The van der Waals surface area contributed by atoms with E-state index in [1.54, 1.807) is 0 Å². The van der Waals surface area contributed by atoms with Gasteiger partial charge in [0.2, 0.25) is 0 Å². The molecule has 3 aromatic heterocycles. The summed E-state index contributed by atoms with van der Waals surface area (Å²) in [7, 11) is 0. The summed E-state index contributed by atoms with van der Waals surface area (Å²) in [5.74, 6) is 1.51. The number of pyridine rings is 1. The molecular formula is C47H42N4O2. The third-order valence-corrected chi connectivity index (χ3v) is 9.73. The fraction of sp³-hybridized carbons (Fsp3) is 0.170. The van der Waals surface area contributed by atoms with Gasteiger partial charge >= 0.3 is 0 Å². The van der Waals surface area contributed by atoms with Crippen LogP contribution in [0.25, 0.3) is 55.8 Å². The molecule has 0 saturated heterocycles. The maximum Gasteiger partial charge on any atom is 0.180 e. The van der Waals surface area contributed by atoms with Gasteiger partial charge < -0.3 is 9.52 Å². The third-order valence-electron chi connectivity index (χ3n) is 9.73. The fourth-order valence-corrected chi connectivity index (χ4v) is 6.84. The van der Waals surface area contributed by atoms with Crippen molar-refractivity contribution < 1.29 is 9.52 Å². The lowest BCUT2D eigenvalue weighted by molar-refractivity contribution is 0.446. The Morgan fingerprint density at radius 3 is 2.02 bits per heavy atom. The van der Waals surface area contributed by atoms with Crippen LogP contribution >= 0.6 is 0 Å². The second-order valence-electron chi connectivity index (χ2n) is 15.6. The Morgan fingerprint density at radius 1 is 0.604 bits per heavy atom. The first-order valence-corrected chi connectivity index (χ1v) is 18.0. The maximum atomic E-state index is 12.0. The summed E-state index contributed by atoms with van der Waals surface area (Å²) in [4.78, 5) is 17.3. The molecule has 0 saturated carbocycles. The van der Waals surface area contributed by atoms with Gasteiger partial charge in [0, 0.05) is 39.6 Å². The Balaban J connectivity index is 1.33. The molecule has 0 aliphatic rings. The van der Waals surface area contributed by atoms with Gasteiger partial charge in [-0.15, -0.1) is 0 Å². The monoisotopic (exact) mass is 694 g/mol. The van der Waals surface area contributed by atoms with E-state index in [1.807, 2.05) is 66.9 Å². The summed E-state index contributed by atoms with van der Waals surface area (Å²) in [5, 5.41) is 12.9. The number of benzene rings is 5. The Bertz CT molecular complexity index is 2580. The molecule has 0 unspecified atom stereocenters. The highest BCUT2D eigenvalue weighted by Gasteiger charge is 2.28. The lowest BCUT2D eigenvalue weighted by Gasteiger charge is -2.27. The van der Waals surface area contributed by atoms with E-state index in [2.05, 4.69) is 119 Å². The minimum absolute atomic E-state index is 0.173. The molecule has 6 heteroatoms. The number of phenols is 1. The van der Waals surface area contributed by atoms with Gasteiger partial charge in [0.05, 0.1) is 0 Å². The molecule has 53 heavy (non-hydrogen) atoms. The minimum Gasteiger partial charge on any atom is -0.507 e. The molecule has 0 fully saturated rings. The second-order valence-corrected chi connectivity index (χ2v) is 15.6. The molecule has 6 nitrogen and oxygen atoms in total. The molecule has 8 rings (SSSR count). The van der Waals surface area contributed by atoms with Gasteiger partial charge in [0.1, 0.15) is 28.4 Å². The van der Waals surface area contributed by atoms with Gasteiger partial charge in [-0.25, -0.2) is 15.0 Å². The van der Waals surface area contributed by atoms with Crippen molar-refractivity contribution in [2.75, 3.05) is 4.90 Å². The minimum atomic E-state index is -0.314. The summed E-state index contributed by atoms with van der Waals surface area (Å²) in [5.41, 5.74) is 9.60. The topological polar surface area (TPSA) is 75.3 Å². The number of fused-ring (bicyclic) bond motifs is 3. The standard InChI is InChI=1S/C47H42N4O2/c1-46(2,3)33-28-37(43(52)38(29-33)47(4,5)6)42-44-41(36-19-10-11-20-39(36)53-44)49-45(50-42)32-17-14-18-35(27-32)51(40-21-12-13-26-48-40)34-24-22-31(23-25-34)30-15-8-7-9-16-30/h7-29,52H,1-6H3. The lowest BCUT2D eigenvalue weighted by atomic mass is 9.78. The van der Waals surface area contributed by atoms with E-state index in [9.17, 15) is 5.11 Å². The van der Waals surface area contributed by atoms with Crippen molar-refractivity contribution in [3.8, 4) is 39.5 Å².